The maximum Gasteiger partial charge on any atom is 0.0218 e. The summed E-state index contributed by atoms with van der Waals surface area (Å²) in [5, 5.41) is 2.48. The van der Waals surface area contributed by atoms with Gasteiger partial charge in [-0.25, -0.2) is 5.01 Å². The van der Waals surface area contributed by atoms with Gasteiger partial charge >= 0.3 is 0 Å². The highest BCUT2D eigenvalue weighted by molar-refractivity contribution is 4.78. The van der Waals surface area contributed by atoms with Crippen molar-refractivity contribution in [2.75, 3.05) is 0 Å². The maximum atomic E-state index is 3.68. The van der Waals surface area contributed by atoms with E-state index in [2.05, 4.69) is 45.1 Å². The Hall–Kier alpha value is -0.0800. The normalized spacial score (nSPS) is 30.8. The van der Waals surface area contributed by atoms with E-state index in [1.165, 1.54) is 25.7 Å². The summed E-state index contributed by atoms with van der Waals surface area (Å²) in [6.07, 6.45) is 5.33. The molecule has 2 heteroatoms. The Balaban J connectivity index is 2.40. The second-order valence-electron chi connectivity index (χ2n) is 5.70. The molecular formula is C13H28N2. The fourth-order valence-corrected chi connectivity index (χ4v) is 2.69. The summed E-state index contributed by atoms with van der Waals surface area (Å²) in [7, 11) is 0. The number of nitrogens with one attached hydrogen (secondary N) is 1. The third-order valence-electron chi connectivity index (χ3n) is 3.39. The second kappa shape index (κ2) is 5.86. The molecule has 0 aromatic rings. The van der Waals surface area contributed by atoms with Crippen LogP contribution in [0.4, 0.5) is 0 Å². The predicted octanol–water partition coefficient (Wildman–Crippen LogP) is 3.19. The van der Waals surface area contributed by atoms with Crippen LogP contribution in [0.5, 0.6) is 0 Å². The van der Waals surface area contributed by atoms with Crippen LogP contribution in [-0.4, -0.2) is 23.1 Å². The molecule has 15 heavy (non-hydrogen) atoms. The minimum atomic E-state index is 0.605. The van der Waals surface area contributed by atoms with Gasteiger partial charge in [-0.05, 0) is 46.0 Å². The Morgan fingerprint density at radius 1 is 1.13 bits per heavy atom. The monoisotopic (exact) mass is 212 g/mol. The third-order valence-corrected chi connectivity index (χ3v) is 3.39. The topological polar surface area (TPSA) is 15.3 Å². The molecule has 90 valence electrons. The molecule has 1 fully saturated rings. The van der Waals surface area contributed by atoms with E-state index >= 15 is 0 Å². The fourth-order valence-electron chi connectivity index (χ4n) is 2.69. The fraction of sp³-hybridized carbons (Fsp3) is 1.00. The lowest BCUT2D eigenvalue weighted by Gasteiger charge is -2.41. The molecule has 0 spiro atoms. The molecule has 1 saturated heterocycles. The van der Waals surface area contributed by atoms with Crippen molar-refractivity contribution in [2.24, 2.45) is 5.92 Å². The van der Waals surface area contributed by atoms with Gasteiger partial charge in [-0.3, -0.25) is 5.43 Å². The number of nitrogens with zero attached hydrogens (tertiary/aromatic N) is 1. The van der Waals surface area contributed by atoms with Crippen molar-refractivity contribution in [2.45, 2.75) is 78.4 Å². The molecule has 2 nitrogen and oxygen atoms in total. The van der Waals surface area contributed by atoms with Crippen LogP contribution >= 0.6 is 0 Å². The minimum Gasteiger partial charge on any atom is -0.252 e. The summed E-state index contributed by atoms with van der Waals surface area (Å²) >= 11 is 0. The summed E-state index contributed by atoms with van der Waals surface area (Å²) in [6.45, 7) is 11.6. The molecule has 3 atom stereocenters. The molecule has 3 unspecified atom stereocenters. The first-order valence-corrected chi connectivity index (χ1v) is 6.55. The lowest BCUT2D eigenvalue weighted by Crippen LogP contribution is -2.55. The van der Waals surface area contributed by atoms with E-state index in [1.54, 1.807) is 0 Å². The highest BCUT2D eigenvalue weighted by Gasteiger charge is 2.25. The van der Waals surface area contributed by atoms with Gasteiger partial charge in [0.2, 0.25) is 0 Å². The van der Waals surface area contributed by atoms with Crippen LogP contribution in [0.2, 0.25) is 0 Å². The first-order valence-electron chi connectivity index (χ1n) is 6.55. The van der Waals surface area contributed by atoms with Crippen LogP contribution in [0.15, 0.2) is 0 Å². The second-order valence-corrected chi connectivity index (χ2v) is 5.70. The zero-order valence-corrected chi connectivity index (χ0v) is 11.1. The van der Waals surface area contributed by atoms with Gasteiger partial charge in [-0.2, -0.15) is 0 Å². The number of piperidine rings is 1. The highest BCUT2D eigenvalue weighted by atomic mass is 15.5. The van der Waals surface area contributed by atoms with Crippen LogP contribution in [-0.2, 0) is 0 Å². The molecule has 0 radical (unpaired) electrons. The van der Waals surface area contributed by atoms with Crippen LogP contribution in [0, 0.1) is 5.92 Å². The Bertz CT molecular complexity index is 169. The van der Waals surface area contributed by atoms with Gasteiger partial charge in [0.1, 0.15) is 0 Å². The van der Waals surface area contributed by atoms with E-state index < -0.39 is 0 Å². The molecular weight excluding hydrogens is 184 g/mol. The van der Waals surface area contributed by atoms with Gasteiger partial charge in [0.15, 0.2) is 0 Å². The number of rotatable bonds is 4. The molecule has 0 aromatic heterocycles. The van der Waals surface area contributed by atoms with Crippen molar-refractivity contribution in [3.63, 3.8) is 0 Å². The number of hydrogen-bond acceptors (Lipinski definition) is 2. The Labute approximate surface area is 95.4 Å². The molecule has 1 N–H and O–H groups in total. The van der Waals surface area contributed by atoms with Gasteiger partial charge in [-0.1, -0.05) is 20.3 Å². The molecule has 1 aliphatic rings. The van der Waals surface area contributed by atoms with Gasteiger partial charge in [0.25, 0.3) is 0 Å². The average Bonchev–Trinajstić information content (AvgIpc) is 2.10. The summed E-state index contributed by atoms with van der Waals surface area (Å²) in [5.41, 5.74) is 3.68. The predicted molar refractivity (Wildman–Crippen MR) is 66.7 cm³/mol. The van der Waals surface area contributed by atoms with Crippen molar-refractivity contribution >= 4 is 0 Å². The van der Waals surface area contributed by atoms with E-state index in [0.717, 1.165) is 5.92 Å². The van der Waals surface area contributed by atoms with Crippen LogP contribution in [0.3, 0.4) is 0 Å². The average molecular weight is 212 g/mol. The molecule has 1 aliphatic heterocycles. The first kappa shape index (κ1) is 13.0. The van der Waals surface area contributed by atoms with Crippen molar-refractivity contribution in [1.29, 1.82) is 0 Å². The lowest BCUT2D eigenvalue weighted by molar-refractivity contribution is 0.0291. The van der Waals surface area contributed by atoms with Crippen LogP contribution in [0.1, 0.15) is 60.3 Å². The quantitative estimate of drug-likeness (QED) is 0.770. The Morgan fingerprint density at radius 2 is 1.67 bits per heavy atom. The molecule has 0 bridgehead atoms. The summed E-state index contributed by atoms with van der Waals surface area (Å²) in [6, 6.07) is 2.00. The van der Waals surface area contributed by atoms with Crippen molar-refractivity contribution in [3.8, 4) is 0 Å². The van der Waals surface area contributed by atoms with E-state index in [9.17, 15) is 0 Å². The molecule has 0 aromatic carbocycles. The zero-order valence-electron chi connectivity index (χ0n) is 11.1. The van der Waals surface area contributed by atoms with Crippen LogP contribution in [0.25, 0.3) is 0 Å². The van der Waals surface area contributed by atoms with Crippen LogP contribution < -0.4 is 5.43 Å². The molecule has 1 heterocycles. The van der Waals surface area contributed by atoms with E-state index in [0.29, 0.717) is 18.1 Å². The largest absolute Gasteiger partial charge is 0.252 e. The molecule has 1 rings (SSSR count). The molecule has 0 aliphatic carbocycles. The SMILES string of the molecule is CC(C)CC(C)NN1C(C)CCCC1C. The zero-order chi connectivity index (χ0) is 11.4. The van der Waals surface area contributed by atoms with E-state index in [-0.39, 0.29) is 0 Å². The molecule has 0 saturated carbocycles. The third kappa shape index (κ3) is 4.12. The van der Waals surface area contributed by atoms with Gasteiger partial charge < -0.3 is 0 Å². The lowest BCUT2D eigenvalue weighted by atomic mass is 9.99. The minimum absolute atomic E-state index is 0.605. The first-order chi connectivity index (χ1) is 7.00. The van der Waals surface area contributed by atoms with Crippen molar-refractivity contribution in [3.05, 3.63) is 0 Å². The number of hydrazine groups is 1. The van der Waals surface area contributed by atoms with Crippen molar-refractivity contribution < 1.29 is 0 Å². The number of hydrogen-bond donors (Lipinski definition) is 1. The highest BCUT2D eigenvalue weighted by Crippen LogP contribution is 2.21. The van der Waals surface area contributed by atoms with Gasteiger partial charge in [0.05, 0.1) is 0 Å². The smallest absolute Gasteiger partial charge is 0.0218 e. The Morgan fingerprint density at radius 3 is 2.13 bits per heavy atom. The Kier molecular flexibility index (Phi) is 5.07. The van der Waals surface area contributed by atoms with Crippen molar-refractivity contribution in [1.82, 2.24) is 10.4 Å². The summed E-state index contributed by atoms with van der Waals surface area (Å²) in [5.74, 6) is 0.780. The maximum absolute atomic E-state index is 3.68. The molecule has 0 amide bonds. The van der Waals surface area contributed by atoms with Gasteiger partial charge in [-0.15, -0.1) is 0 Å². The van der Waals surface area contributed by atoms with Gasteiger partial charge in [0, 0.05) is 18.1 Å². The summed E-state index contributed by atoms with van der Waals surface area (Å²) in [4.78, 5) is 0. The van der Waals surface area contributed by atoms with E-state index in [1.807, 2.05) is 0 Å². The standard InChI is InChI=1S/C13H28N2/c1-10(2)9-11(3)14-15-12(4)7-6-8-13(15)5/h10-14H,6-9H2,1-5H3. The summed E-state index contributed by atoms with van der Waals surface area (Å²) < 4.78 is 0. The van der Waals surface area contributed by atoms with E-state index in [4.69, 9.17) is 0 Å².